The smallest absolute Gasteiger partial charge is 0.247 e. The van der Waals surface area contributed by atoms with Crippen molar-refractivity contribution in [2.45, 2.75) is 19.8 Å². The van der Waals surface area contributed by atoms with Crippen molar-refractivity contribution in [3.05, 3.63) is 66.9 Å². The highest BCUT2D eigenvalue weighted by Crippen LogP contribution is 2.31. The summed E-state index contributed by atoms with van der Waals surface area (Å²) in [6, 6.07) is 15.7. The number of carbonyl (C=O) groups is 1. The highest BCUT2D eigenvalue weighted by Gasteiger charge is 2.16. The highest BCUT2D eigenvalue weighted by atomic mass is 16.1. The lowest BCUT2D eigenvalue weighted by Gasteiger charge is -2.18. The SMILES string of the molecule is C=CC(=O)Nc1ccc(-c2nc(Nc3cc(C)[nH]n3)c3ccc(N4CCCC4)cc3n2)cc1. The summed E-state index contributed by atoms with van der Waals surface area (Å²) in [6.45, 7) is 7.57. The molecule has 33 heavy (non-hydrogen) atoms. The molecule has 0 aliphatic carbocycles. The van der Waals surface area contributed by atoms with Gasteiger partial charge >= 0.3 is 0 Å². The molecule has 0 radical (unpaired) electrons. The van der Waals surface area contributed by atoms with Crippen LogP contribution in [0.4, 0.5) is 23.0 Å². The van der Waals surface area contributed by atoms with Crippen molar-refractivity contribution < 1.29 is 4.79 Å². The van der Waals surface area contributed by atoms with Crippen LogP contribution in [0.3, 0.4) is 0 Å². The molecule has 0 saturated carbocycles. The van der Waals surface area contributed by atoms with Gasteiger partial charge in [-0.1, -0.05) is 6.58 Å². The molecule has 8 heteroatoms. The standard InChI is InChI=1S/C25H25N7O/c1-3-23(33)26-18-8-6-17(7-9-18)24-27-21-15-19(32-12-4-5-13-32)10-11-20(21)25(29-24)28-22-14-16(2)30-31-22/h3,6-11,14-15H,1,4-5,12-13H2,2H3,(H,26,33)(H2,27,28,29,30,31). The quantitative estimate of drug-likeness (QED) is 0.374. The van der Waals surface area contributed by atoms with Crippen LogP contribution in [0.2, 0.25) is 0 Å². The van der Waals surface area contributed by atoms with Crippen molar-refractivity contribution in [1.29, 1.82) is 0 Å². The van der Waals surface area contributed by atoms with Crippen molar-refractivity contribution in [3.8, 4) is 11.4 Å². The molecular weight excluding hydrogens is 414 g/mol. The number of H-pyrrole nitrogens is 1. The second-order valence-electron chi connectivity index (χ2n) is 8.12. The Kier molecular flexibility index (Phi) is 5.48. The molecule has 1 aliphatic rings. The van der Waals surface area contributed by atoms with Gasteiger partial charge in [0.25, 0.3) is 0 Å². The first kappa shape index (κ1) is 20.7. The monoisotopic (exact) mass is 439 g/mol. The maximum atomic E-state index is 11.6. The number of nitrogens with one attached hydrogen (secondary N) is 3. The summed E-state index contributed by atoms with van der Waals surface area (Å²) in [5.41, 5.74) is 4.54. The number of fused-ring (bicyclic) bond motifs is 1. The molecular formula is C25H25N7O. The molecule has 1 saturated heterocycles. The van der Waals surface area contributed by atoms with E-state index in [9.17, 15) is 4.79 Å². The van der Waals surface area contributed by atoms with Gasteiger partial charge < -0.3 is 15.5 Å². The van der Waals surface area contributed by atoms with Crippen LogP contribution in [0.1, 0.15) is 18.5 Å². The van der Waals surface area contributed by atoms with E-state index in [0.717, 1.165) is 35.2 Å². The van der Waals surface area contributed by atoms with Crippen LogP contribution in [-0.2, 0) is 4.79 Å². The molecule has 0 unspecified atom stereocenters. The van der Waals surface area contributed by atoms with Gasteiger partial charge in [-0.2, -0.15) is 5.10 Å². The number of benzene rings is 2. The van der Waals surface area contributed by atoms with Gasteiger partial charge in [-0.3, -0.25) is 9.89 Å². The van der Waals surface area contributed by atoms with Gasteiger partial charge in [-0.05, 0) is 68.3 Å². The molecule has 1 amide bonds. The molecule has 3 N–H and O–H groups in total. The van der Waals surface area contributed by atoms with E-state index in [4.69, 9.17) is 9.97 Å². The summed E-state index contributed by atoms with van der Waals surface area (Å²) in [5, 5.41) is 14.3. The molecule has 5 rings (SSSR count). The van der Waals surface area contributed by atoms with Gasteiger partial charge in [0.05, 0.1) is 5.52 Å². The summed E-state index contributed by atoms with van der Waals surface area (Å²) in [6.07, 6.45) is 3.67. The number of amides is 1. The minimum Gasteiger partial charge on any atom is -0.371 e. The lowest BCUT2D eigenvalue weighted by Crippen LogP contribution is -2.17. The van der Waals surface area contributed by atoms with Crippen LogP contribution in [-0.4, -0.2) is 39.2 Å². The maximum Gasteiger partial charge on any atom is 0.247 e. The van der Waals surface area contributed by atoms with E-state index in [1.807, 2.05) is 37.3 Å². The number of anilines is 4. The Balaban J connectivity index is 1.56. The van der Waals surface area contributed by atoms with Gasteiger partial charge in [0.2, 0.25) is 5.91 Å². The number of aryl methyl sites for hydroxylation is 1. The number of rotatable bonds is 6. The Morgan fingerprint density at radius 3 is 2.58 bits per heavy atom. The van der Waals surface area contributed by atoms with Crippen LogP contribution in [0.5, 0.6) is 0 Å². The first-order valence-corrected chi connectivity index (χ1v) is 11.0. The Morgan fingerprint density at radius 2 is 1.88 bits per heavy atom. The Morgan fingerprint density at radius 1 is 1.09 bits per heavy atom. The number of nitrogens with zero attached hydrogens (tertiary/aromatic N) is 4. The van der Waals surface area contributed by atoms with E-state index in [0.29, 0.717) is 23.1 Å². The summed E-state index contributed by atoms with van der Waals surface area (Å²) < 4.78 is 0. The number of aromatic amines is 1. The molecule has 0 spiro atoms. The predicted octanol–water partition coefficient (Wildman–Crippen LogP) is 4.80. The van der Waals surface area contributed by atoms with Crippen LogP contribution in [0.15, 0.2) is 61.2 Å². The van der Waals surface area contributed by atoms with Gasteiger partial charge in [-0.15, -0.1) is 0 Å². The molecule has 166 valence electrons. The summed E-state index contributed by atoms with van der Waals surface area (Å²) >= 11 is 0. The second-order valence-corrected chi connectivity index (χ2v) is 8.12. The molecule has 1 aliphatic heterocycles. The largest absolute Gasteiger partial charge is 0.371 e. The minimum atomic E-state index is -0.250. The number of hydrogen-bond acceptors (Lipinski definition) is 6. The van der Waals surface area contributed by atoms with E-state index in [1.54, 1.807) is 0 Å². The van der Waals surface area contributed by atoms with Crippen LogP contribution < -0.4 is 15.5 Å². The third-order valence-electron chi connectivity index (χ3n) is 5.70. The van der Waals surface area contributed by atoms with E-state index in [1.165, 1.54) is 24.6 Å². The van der Waals surface area contributed by atoms with Crippen LogP contribution >= 0.6 is 0 Å². The van der Waals surface area contributed by atoms with Crippen molar-refractivity contribution in [2.75, 3.05) is 28.6 Å². The fraction of sp³-hybridized carbons (Fsp3) is 0.200. The molecule has 3 heterocycles. The van der Waals surface area contributed by atoms with E-state index < -0.39 is 0 Å². The van der Waals surface area contributed by atoms with Crippen LogP contribution in [0, 0.1) is 6.92 Å². The molecule has 0 bridgehead atoms. The third-order valence-corrected chi connectivity index (χ3v) is 5.70. The van der Waals surface area contributed by atoms with E-state index >= 15 is 0 Å². The zero-order chi connectivity index (χ0) is 22.8. The average Bonchev–Trinajstić information content (AvgIpc) is 3.51. The molecule has 2 aromatic heterocycles. The number of aromatic nitrogens is 4. The topological polar surface area (TPSA) is 98.8 Å². The fourth-order valence-corrected chi connectivity index (χ4v) is 4.01. The number of hydrogen-bond donors (Lipinski definition) is 3. The molecule has 8 nitrogen and oxygen atoms in total. The summed E-state index contributed by atoms with van der Waals surface area (Å²) in [7, 11) is 0. The first-order valence-electron chi connectivity index (χ1n) is 11.0. The van der Waals surface area contributed by atoms with E-state index in [2.05, 4.69) is 50.5 Å². The summed E-state index contributed by atoms with van der Waals surface area (Å²) in [4.78, 5) is 23.7. The zero-order valence-corrected chi connectivity index (χ0v) is 18.4. The van der Waals surface area contributed by atoms with Crippen molar-refractivity contribution in [2.24, 2.45) is 0 Å². The third kappa shape index (κ3) is 4.41. The summed E-state index contributed by atoms with van der Waals surface area (Å²) in [5.74, 6) is 1.74. The van der Waals surface area contributed by atoms with E-state index in [-0.39, 0.29) is 5.91 Å². The van der Waals surface area contributed by atoms with Crippen molar-refractivity contribution >= 4 is 39.8 Å². The normalized spacial score (nSPS) is 13.3. The molecule has 4 aromatic rings. The Bertz CT molecular complexity index is 1320. The number of carbonyl (C=O) groups excluding carboxylic acids is 1. The van der Waals surface area contributed by atoms with Gasteiger partial charge in [0, 0.05) is 47.2 Å². The minimum absolute atomic E-state index is 0.250. The predicted molar refractivity (Wildman–Crippen MR) is 132 cm³/mol. The molecule has 2 aromatic carbocycles. The maximum absolute atomic E-state index is 11.6. The first-order chi connectivity index (χ1) is 16.1. The average molecular weight is 440 g/mol. The molecule has 0 atom stereocenters. The Labute approximate surface area is 191 Å². The fourth-order valence-electron chi connectivity index (χ4n) is 4.01. The van der Waals surface area contributed by atoms with Crippen molar-refractivity contribution in [3.63, 3.8) is 0 Å². The van der Waals surface area contributed by atoms with Gasteiger partial charge in [0.15, 0.2) is 11.6 Å². The Hall–Kier alpha value is -4.20. The molecule has 1 fully saturated rings. The van der Waals surface area contributed by atoms with Gasteiger partial charge in [0.1, 0.15) is 5.82 Å². The van der Waals surface area contributed by atoms with Gasteiger partial charge in [-0.25, -0.2) is 9.97 Å². The zero-order valence-electron chi connectivity index (χ0n) is 18.4. The highest BCUT2D eigenvalue weighted by molar-refractivity contribution is 5.99. The van der Waals surface area contributed by atoms with Crippen molar-refractivity contribution in [1.82, 2.24) is 20.2 Å². The lowest BCUT2D eigenvalue weighted by atomic mass is 10.1. The lowest BCUT2D eigenvalue weighted by molar-refractivity contribution is -0.111. The van der Waals surface area contributed by atoms with Crippen LogP contribution in [0.25, 0.3) is 22.3 Å². The second kappa shape index (κ2) is 8.74.